The summed E-state index contributed by atoms with van der Waals surface area (Å²) in [7, 11) is 0. The van der Waals surface area contributed by atoms with E-state index in [0.29, 0.717) is 0 Å². The Labute approximate surface area is 85.3 Å². The maximum absolute atomic E-state index is 6.17. The maximum atomic E-state index is 6.17. The van der Waals surface area contributed by atoms with Gasteiger partial charge in [0.05, 0.1) is 5.69 Å². The van der Waals surface area contributed by atoms with Gasteiger partial charge in [-0.25, -0.2) is 0 Å². The van der Waals surface area contributed by atoms with E-state index in [-0.39, 0.29) is 6.04 Å². The highest BCUT2D eigenvalue weighted by Crippen LogP contribution is 2.33. The topological polar surface area (TPSA) is 43.8 Å². The van der Waals surface area contributed by atoms with E-state index in [9.17, 15) is 0 Å². The van der Waals surface area contributed by atoms with Crippen LogP contribution in [0.3, 0.4) is 0 Å². The summed E-state index contributed by atoms with van der Waals surface area (Å²) in [5.41, 5.74) is 7.36. The van der Waals surface area contributed by atoms with Gasteiger partial charge in [0.1, 0.15) is 0 Å². The van der Waals surface area contributed by atoms with Crippen molar-refractivity contribution in [3.63, 3.8) is 0 Å². The summed E-state index contributed by atoms with van der Waals surface area (Å²) in [5.74, 6) is 0.866. The molecule has 3 heteroatoms. The molecule has 1 atom stereocenters. The van der Waals surface area contributed by atoms with Gasteiger partial charge in [-0.05, 0) is 25.3 Å². The van der Waals surface area contributed by atoms with E-state index in [4.69, 9.17) is 5.73 Å². The second-order valence-electron chi connectivity index (χ2n) is 4.21. The van der Waals surface area contributed by atoms with Gasteiger partial charge in [0, 0.05) is 18.8 Å². The predicted molar refractivity (Wildman–Crippen MR) is 56.8 cm³/mol. The molecule has 2 N–H and O–H groups in total. The molecule has 1 fully saturated rings. The third kappa shape index (κ3) is 1.82. The Hall–Kier alpha value is -0.830. The van der Waals surface area contributed by atoms with Gasteiger partial charge in [-0.3, -0.25) is 4.68 Å². The van der Waals surface area contributed by atoms with Gasteiger partial charge >= 0.3 is 0 Å². The van der Waals surface area contributed by atoms with Crippen LogP contribution in [0.4, 0.5) is 0 Å². The molecule has 1 aliphatic rings. The molecular weight excluding hydrogens is 174 g/mol. The minimum absolute atomic E-state index is 0.183. The molecule has 78 valence electrons. The van der Waals surface area contributed by atoms with Crippen LogP contribution in [0.1, 0.15) is 44.3 Å². The van der Waals surface area contributed by atoms with E-state index in [1.54, 1.807) is 0 Å². The molecule has 1 aromatic heterocycles. The number of aromatic nitrogens is 2. The highest BCUT2D eigenvalue weighted by molar-refractivity contribution is 5.06. The number of aryl methyl sites for hydroxylation is 1. The molecule has 14 heavy (non-hydrogen) atoms. The molecule has 0 radical (unpaired) electrons. The first-order valence-electron chi connectivity index (χ1n) is 5.58. The zero-order valence-corrected chi connectivity index (χ0v) is 8.82. The molecule has 1 aliphatic carbocycles. The van der Waals surface area contributed by atoms with Gasteiger partial charge in [0.25, 0.3) is 0 Å². The molecule has 1 heterocycles. The molecule has 3 nitrogen and oxygen atoms in total. The average molecular weight is 193 g/mol. The van der Waals surface area contributed by atoms with Crippen molar-refractivity contribution in [1.82, 2.24) is 9.78 Å². The van der Waals surface area contributed by atoms with Gasteiger partial charge in [-0.2, -0.15) is 5.10 Å². The lowest BCUT2D eigenvalue weighted by atomic mass is 9.80. The van der Waals surface area contributed by atoms with E-state index >= 15 is 0 Å². The van der Waals surface area contributed by atoms with Crippen LogP contribution in [0, 0.1) is 5.92 Å². The van der Waals surface area contributed by atoms with Crippen molar-refractivity contribution in [3.05, 3.63) is 18.0 Å². The fraction of sp³-hybridized carbons (Fsp3) is 0.727. The minimum atomic E-state index is 0.183. The number of hydrogen-bond acceptors (Lipinski definition) is 2. The molecule has 1 aromatic rings. The number of hydrogen-bond donors (Lipinski definition) is 1. The number of nitrogens with two attached hydrogens (primary N) is 1. The molecule has 1 saturated carbocycles. The Bertz CT molecular complexity index is 288. The van der Waals surface area contributed by atoms with Gasteiger partial charge in [0.2, 0.25) is 0 Å². The summed E-state index contributed by atoms with van der Waals surface area (Å²) in [4.78, 5) is 0. The van der Waals surface area contributed by atoms with Gasteiger partial charge in [0.15, 0.2) is 0 Å². The van der Waals surface area contributed by atoms with Crippen LogP contribution in [0.15, 0.2) is 12.3 Å². The standard InChI is InChI=1S/C11H19N3/c1-2-14-11(6-7-13-14)10(12)8-9-4-3-5-9/h6-7,9-10H,2-5,8,12H2,1H3. The molecule has 1 unspecified atom stereocenters. The highest BCUT2D eigenvalue weighted by atomic mass is 15.3. The fourth-order valence-electron chi connectivity index (χ4n) is 2.13. The number of nitrogens with zero attached hydrogens (tertiary/aromatic N) is 2. The first kappa shape index (κ1) is 9.71. The third-order valence-electron chi connectivity index (χ3n) is 3.24. The third-order valence-corrected chi connectivity index (χ3v) is 3.24. The Kier molecular flexibility index (Phi) is 2.87. The van der Waals surface area contributed by atoms with Crippen molar-refractivity contribution in [3.8, 4) is 0 Å². The first-order chi connectivity index (χ1) is 6.81. The van der Waals surface area contributed by atoms with Crippen LogP contribution in [-0.4, -0.2) is 9.78 Å². The molecule has 0 spiro atoms. The Morgan fingerprint density at radius 1 is 1.64 bits per heavy atom. The molecular formula is C11H19N3. The first-order valence-corrected chi connectivity index (χ1v) is 5.58. The van der Waals surface area contributed by atoms with Crippen LogP contribution in [0.5, 0.6) is 0 Å². The summed E-state index contributed by atoms with van der Waals surface area (Å²) < 4.78 is 2.00. The summed E-state index contributed by atoms with van der Waals surface area (Å²) in [6.45, 7) is 3.02. The van der Waals surface area contributed by atoms with E-state index < -0.39 is 0 Å². The zero-order valence-electron chi connectivity index (χ0n) is 8.82. The summed E-state index contributed by atoms with van der Waals surface area (Å²) >= 11 is 0. The van der Waals surface area contributed by atoms with E-state index in [2.05, 4.69) is 12.0 Å². The van der Waals surface area contributed by atoms with Crippen LogP contribution in [0.2, 0.25) is 0 Å². The van der Waals surface area contributed by atoms with Crippen LogP contribution < -0.4 is 5.73 Å². The van der Waals surface area contributed by atoms with Crippen molar-refractivity contribution in [2.75, 3.05) is 0 Å². The van der Waals surface area contributed by atoms with Crippen molar-refractivity contribution in [1.29, 1.82) is 0 Å². The van der Waals surface area contributed by atoms with Crippen LogP contribution >= 0.6 is 0 Å². The number of rotatable bonds is 4. The smallest absolute Gasteiger partial charge is 0.0551 e. The van der Waals surface area contributed by atoms with E-state index in [1.165, 1.54) is 25.0 Å². The molecule has 0 aromatic carbocycles. The summed E-state index contributed by atoms with van der Waals surface area (Å²) in [6.07, 6.45) is 7.11. The van der Waals surface area contributed by atoms with E-state index in [0.717, 1.165) is 18.9 Å². The van der Waals surface area contributed by atoms with Crippen molar-refractivity contribution in [2.24, 2.45) is 11.7 Å². The van der Waals surface area contributed by atoms with Crippen LogP contribution in [-0.2, 0) is 6.54 Å². The maximum Gasteiger partial charge on any atom is 0.0551 e. The zero-order chi connectivity index (χ0) is 9.97. The molecule has 0 amide bonds. The van der Waals surface area contributed by atoms with Crippen molar-refractivity contribution < 1.29 is 0 Å². The lowest BCUT2D eigenvalue weighted by molar-refractivity contribution is 0.273. The summed E-state index contributed by atoms with van der Waals surface area (Å²) in [5, 5.41) is 4.24. The monoisotopic (exact) mass is 193 g/mol. The quantitative estimate of drug-likeness (QED) is 0.795. The summed E-state index contributed by atoms with van der Waals surface area (Å²) in [6, 6.07) is 2.23. The lowest BCUT2D eigenvalue weighted by Gasteiger charge is -2.28. The predicted octanol–water partition coefficient (Wildman–Crippen LogP) is 2.09. The average Bonchev–Trinajstić information content (AvgIpc) is 2.58. The van der Waals surface area contributed by atoms with Gasteiger partial charge in [-0.15, -0.1) is 0 Å². The Morgan fingerprint density at radius 3 is 3.00 bits per heavy atom. The largest absolute Gasteiger partial charge is 0.323 e. The van der Waals surface area contributed by atoms with Gasteiger partial charge in [-0.1, -0.05) is 19.3 Å². The minimum Gasteiger partial charge on any atom is -0.323 e. The van der Waals surface area contributed by atoms with Crippen LogP contribution in [0.25, 0.3) is 0 Å². The Balaban J connectivity index is 1.98. The fourth-order valence-corrected chi connectivity index (χ4v) is 2.13. The van der Waals surface area contributed by atoms with Crippen molar-refractivity contribution >= 4 is 0 Å². The Morgan fingerprint density at radius 2 is 2.43 bits per heavy atom. The SMILES string of the molecule is CCn1nccc1C(N)CC1CCC1. The van der Waals surface area contributed by atoms with Crippen molar-refractivity contribution in [2.45, 2.75) is 45.2 Å². The normalized spacial score (nSPS) is 19.3. The lowest BCUT2D eigenvalue weighted by Crippen LogP contribution is -2.22. The molecule has 0 bridgehead atoms. The molecule has 0 aliphatic heterocycles. The molecule has 2 rings (SSSR count). The second-order valence-corrected chi connectivity index (χ2v) is 4.21. The van der Waals surface area contributed by atoms with E-state index in [1.807, 2.05) is 16.9 Å². The highest BCUT2D eigenvalue weighted by Gasteiger charge is 2.22. The molecule has 0 saturated heterocycles. The second kappa shape index (κ2) is 4.13. The van der Waals surface area contributed by atoms with Gasteiger partial charge < -0.3 is 5.73 Å².